The number of hydrogen-bond donors (Lipinski definition) is 3. The SMILES string of the molecule is CCC(CC)(CN)NC(=O)c1cc(C)c(C)c(S(N)(=O)=O)c1. The van der Waals surface area contributed by atoms with Crippen molar-refractivity contribution < 1.29 is 13.2 Å². The number of carbonyl (C=O) groups is 1. The Bertz CT molecular complexity index is 657. The van der Waals surface area contributed by atoms with Crippen LogP contribution in [0, 0.1) is 13.8 Å². The Hall–Kier alpha value is -1.44. The average Bonchev–Trinajstić information content (AvgIpc) is 2.46. The third-order valence-corrected chi connectivity index (χ3v) is 5.35. The summed E-state index contributed by atoms with van der Waals surface area (Å²) < 4.78 is 23.3. The molecule has 0 radical (unpaired) electrons. The van der Waals surface area contributed by atoms with Crippen LogP contribution in [-0.2, 0) is 10.0 Å². The summed E-state index contributed by atoms with van der Waals surface area (Å²) in [6, 6.07) is 2.98. The molecule has 0 spiro atoms. The minimum absolute atomic E-state index is 0.0241. The standard InChI is InChI=1S/C15H25N3O3S/c1-5-15(6-2,9-16)18-14(19)12-7-10(3)11(4)13(8-12)22(17,20)21/h7-8H,5-6,9,16H2,1-4H3,(H,18,19)(H2,17,20,21). The van der Waals surface area contributed by atoms with E-state index in [1.165, 1.54) is 6.07 Å². The molecule has 0 fully saturated rings. The largest absolute Gasteiger partial charge is 0.345 e. The molecule has 5 N–H and O–H groups in total. The lowest BCUT2D eigenvalue weighted by molar-refractivity contribution is 0.0895. The number of hydrogen-bond acceptors (Lipinski definition) is 4. The highest BCUT2D eigenvalue weighted by Gasteiger charge is 2.27. The third kappa shape index (κ3) is 3.85. The lowest BCUT2D eigenvalue weighted by Crippen LogP contribution is -2.52. The van der Waals surface area contributed by atoms with Crippen molar-refractivity contribution in [2.45, 2.75) is 51.0 Å². The first-order valence-corrected chi connectivity index (χ1v) is 8.81. The Labute approximate surface area is 132 Å². The smallest absolute Gasteiger partial charge is 0.251 e. The van der Waals surface area contributed by atoms with Crippen molar-refractivity contribution in [2.75, 3.05) is 6.54 Å². The summed E-state index contributed by atoms with van der Waals surface area (Å²) in [5.74, 6) is -0.345. The predicted molar refractivity (Wildman–Crippen MR) is 87.1 cm³/mol. The van der Waals surface area contributed by atoms with E-state index < -0.39 is 15.6 Å². The molecule has 0 aliphatic carbocycles. The van der Waals surface area contributed by atoms with Gasteiger partial charge in [0.15, 0.2) is 0 Å². The van der Waals surface area contributed by atoms with E-state index in [9.17, 15) is 13.2 Å². The van der Waals surface area contributed by atoms with Crippen LogP contribution in [0.4, 0.5) is 0 Å². The van der Waals surface area contributed by atoms with Gasteiger partial charge in [0.25, 0.3) is 5.91 Å². The quantitative estimate of drug-likeness (QED) is 0.728. The van der Waals surface area contributed by atoms with E-state index in [-0.39, 0.29) is 16.4 Å². The molecule has 22 heavy (non-hydrogen) atoms. The fourth-order valence-corrected chi connectivity index (χ4v) is 3.21. The minimum atomic E-state index is -3.88. The summed E-state index contributed by atoms with van der Waals surface area (Å²) in [7, 11) is -3.88. The number of nitrogens with two attached hydrogens (primary N) is 2. The zero-order valence-corrected chi connectivity index (χ0v) is 14.4. The van der Waals surface area contributed by atoms with Gasteiger partial charge >= 0.3 is 0 Å². The maximum absolute atomic E-state index is 12.5. The zero-order chi connectivity index (χ0) is 17.1. The summed E-state index contributed by atoms with van der Waals surface area (Å²) in [5, 5.41) is 8.14. The molecule has 0 saturated heterocycles. The van der Waals surface area contributed by atoms with Crippen molar-refractivity contribution in [3.8, 4) is 0 Å². The van der Waals surface area contributed by atoms with Gasteiger partial charge in [-0.1, -0.05) is 13.8 Å². The summed E-state index contributed by atoms with van der Waals surface area (Å²) in [6.45, 7) is 7.63. The molecule has 0 heterocycles. The van der Waals surface area contributed by atoms with E-state index in [4.69, 9.17) is 10.9 Å². The summed E-state index contributed by atoms with van der Waals surface area (Å²) >= 11 is 0. The van der Waals surface area contributed by atoms with Gasteiger partial charge in [0.1, 0.15) is 0 Å². The van der Waals surface area contributed by atoms with Gasteiger partial charge in [-0.2, -0.15) is 0 Å². The van der Waals surface area contributed by atoms with Gasteiger partial charge in [-0.25, -0.2) is 13.6 Å². The lowest BCUT2D eigenvalue weighted by Gasteiger charge is -2.31. The molecule has 1 amide bonds. The second kappa shape index (κ2) is 6.76. The van der Waals surface area contributed by atoms with Crippen molar-refractivity contribution in [2.24, 2.45) is 10.9 Å². The Morgan fingerprint density at radius 1 is 1.23 bits per heavy atom. The monoisotopic (exact) mass is 327 g/mol. The minimum Gasteiger partial charge on any atom is -0.345 e. The Balaban J connectivity index is 3.28. The van der Waals surface area contributed by atoms with E-state index in [0.717, 1.165) is 0 Å². The van der Waals surface area contributed by atoms with E-state index in [1.54, 1.807) is 19.9 Å². The Morgan fingerprint density at radius 3 is 2.18 bits per heavy atom. The summed E-state index contributed by atoms with van der Waals surface area (Å²) in [5.41, 5.74) is 6.81. The first-order valence-electron chi connectivity index (χ1n) is 7.27. The molecule has 7 heteroatoms. The van der Waals surface area contributed by atoms with E-state index in [1.807, 2.05) is 13.8 Å². The van der Waals surface area contributed by atoms with Gasteiger partial charge in [-0.3, -0.25) is 4.79 Å². The first kappa shape index (κ1) is 18.6. The van der Waals surface area contributed by atoms with Crippen molar-refractivity contribution in [1.29, 1.82) is 0 Å². The molecule has 1 aromatic rings. The fraction of sp³-hybridized carbons (Fsp3) is 0.533. The van der Waals surface area contributed by atoms with Gasteiger partial charge in [0, 0.05) is 12.1 Å². The number of primary sulfonamides is 1. The van der Waals surface area contributed by atoms with Crippen LogP contribution in [0.15, 0.2) is 17.0 Å². The van der Waals surface area contributed by atoms with Crippen molar-refractivity contribution in [1.82, 2.24) is 5.32 Å². The van der Waals surface area contributed by atoms with Crippen LogP contribution in [0.5, 0.6) is 0 Å². The van der Waals surface area contributed by atoms with Crippen LogP contribution >= 0.6 is 0 Å². The first-order chi connectivity index (χ1) is 10.1. The number of sulfonamides is 1. The number of benzene rings is 1. The molecule has 1 aromatic carbocycles. The topological polar surface area (TPSA) is 115 Å². The van der Waals surface area contributed by atoms with Gasteiger partial charge < -0.3 is 11.1 Å². The van der Waals surface area contributed by atoms with Gasteiger partial charge in [0.2, 0.25) is 10.0 Å². The highest BCUT2D eigenvalue weighted by Crippen LogP contribution is 2.21. The normalized spacial score (nSPS) is 12.3. The van der Waals surface area contributed by atoms with Crippen molar-refractivity contribution in [3.63, 3.8) is 0 Å². The number of carbonyl (C=O) groups excluding carboxylic acids is 1. The fourth-order valence-electron chi connectivity index (χ4n) is 2.33. The maximum Gasteiger partial charge on any atom is 0.251 e. The van der Waals surface area contributed by atoms with Gasteiger partial charge in [-0.15, -0.1) is 0 Å². The number of aryl methyl sites for hydroxylation is 1. The van der Waals surface area contributed by atoms with Gasteiger partial charge in [0.05, 0.1) is 10.4 Å². The second-order valence-corrected chi connectivity index (χ2v) is 7.14. The van der Waals surface area contributed by atoms with E-state index >= 15 is 0 Å². The molecule has 1 rings (SSSR count). The number of amides is 1. The van der Waals surface area contributed by atoms with E-state index in [2.05, 4.69) is 5.32 Å². The molecule has 0 saturated carbocycles. The highest BCUT2D eigenvalue weighted by atomic mass is 32.2. The predicted octanol–water partition coefficient (Wildman–Crippen LogP) is 1.20. The maximum atomic E-state index is 12.5. The summed E-state index contributed by atoms with van der Waals surface area (Å²) in [4.78, 5) is 12.5. The molecule has 0 aromatic heterocycles. The molecule has 0 aliphatic heterocycles. The van der Waals surface area contributed by atoms with Crippen LogP contribution in [-0.4, -0.2) is 26.4 Å². The van der Waals surface area contributed by atoms with Gasteiger partial charge in [-0.05, 0) is 49.9 Å². The molecular formula is C15H25N3O3S. The van der Waals surface area contributed by atoms with E-state index in [0.29, 0.717) is 30.5 Å². The Kier molecular flexibility index (Phi) is 5.72. The second-order valence-electron chi connectivity index (χ2n) is 5.61. The molecule has 6 nitrogen and oxygen atoms in total. The van der Waals surface area contributed by atoms with Crippen molar-refractivity contribution in [3.05, 3.63) is 28.8 Å². The molecular weight excluding hydrogens is 302 g/mol. The Morgan fingerprint density at radius 2 is 1.77 bits per heavy atom. The number of rotatable bonds is 6. The zero-order valence-electron chi connectivity index (χ0n) is 13.6. The van der Waals surface area contributed by atoms with Crippen molar-refractivity contribution >= 4 is 15.9 Å². The molecule has 0 bridgehead atoms. The molecule has 0 aliphatic rings. The highest BCUT2D eigenvalue weighted by molar-refractivity contribution is 7.89. The molecule has 0 atom stereocenters. The van der Waals surface area contributed by atoms with Crippen LogP contribution in [0.25, 0.3) is 0 Å². The molecule has 0 unspecified atom stereocenters. The summed E-state index contributed by atoms with van der Waals surface area (Å²) in [6.07, 6.45) is 1.39. The number of nitrogens with one attached hydrogen (secondary N) is 1. The van der Waals surface area contributed by atoms with Crippen LogP contribution in [0.1, 0.15) is 48.2 Å². The van der Waals surface area contributed by atoms with Crippen LogP contribution in [0.2, 0.25) is 0 Å². The average molecular weight is 327 g/mol. The van der Waals surface area contributed by atoms with Crippen LogP contribution in [0.3, 0.4) is 0 Å². The molecule has 124 valence electrons. The third-order valence-electron chi connectivity index (χ3n) is 4.31. The lowest BCUT2D eigenvalue weighted by atomic mass is 9.92. The van der Waals surface area contributed by atoms with Crippen LogP contribution < -0.4 is 16.2 Å².